The lowest BCUT2D eigenvalue weighted by Gasteiger charge is -2.17. The van der Waals surface area contributed by atoms with Gasteiger partial charge in [0.1, 0.15) is 11.6 Å². The van der Waals surface area contributed by atoms with E-state index in [1.165, 1.54) is 0 Å². The molecule has 3 rings (SSSR count). The lowest BCUT2D eigenvalue weighted by atomic mass is 9.93. The van der Waals surface area contributed by atoms with Crippen LogP contribution in [0.4, 0.5) is 5.69 Å². The second-order valence-corrected chi connectivity index (χ2v) is 5.22. The summed E-state index contributed by atoms with van der Waals surface area (Å²) in [6, 6.07) is 3.75. The van der Waals surface area contributed by atoms with Crippen LogP contribution in [0, 0.1) is 12.8 Å². The number of pyridine rings is 1. The highest BCUT2D eigenvalue weighted by atomic mass is 16.1. The highest BCUT2D eigenvalue weighted by Gasteiger charge is 2.18. The number of carbonyl (C=O) groups is 1. The number of aryl methyl sites for hydroxylation is 1. The first kappa shape index (κ1) is 13.5. The standard InChI is InChI=1S/C16H18N4O/c1-12-17-9-10-20(12)15-8-7-14(11-18-15)19-16(21)13-5-3-2-4-6-13/h2-3,7-11,13H,4-6H2,1H3,(H,19,21)/t13-/m0/s1. The van der Waals surface area contributed by atoms with Gasteiger partial charge in [0.25, 0.3) is 0 Å². The summed E-state index contributed by atoms with van der Waals surface area (Å²) >= 11 is 0. The zero-order chi connectivity index (χ0) is 14.7. The number of hydrogen-bond donors (Lipinski definition) is 1. The van der Waals surface area contributed by atoms with Crippen molar-refractivity contribution in [1.82, 2.24) is 14.5 Å². The third-order valence-electron chi connectivity index (χ3n) is 3.73. The monoisotopic (exact) mass is 282 g/mol. The van der Waals surface area contributed by atoms with Crippen molar-refractivity contribution in [2.75, 3.05) is 5.32 Å². The molecule has 108 valence electrons. The van der Waals surface area contributed by atoms with E-state index in [1.54, 1.807) is 12.4 Å². The molecule has 1 N–H and O–H groups in total. The number of aromatic nitrogens is 3. The molecule has 5 heteroatoms. The molecule has 1 aliphatic rings. The van der Waals surface area contributed by atoms with Crippen LogP contribution in [0.25, 0.3) is 5.82 Å². The van der Waals surface area contributed by atoms with Crippen molar-refractivity contribution in [3.63, 3.8) is 0 Å². The summed E-state index contributed by atoms with van der Waals surface area (Å²) in [6.07, 6.45) is 12.2. The number of anilines is 1. The van der Waals surface area contributed by atoms with E-state index >= 15 is 0 Å². The van der Waals surface area contributed by atoms with Crippen LogP contribution >= 0.6 is 0 Å². The third kappa shape index (κ3) is 3.02. The van der Waals surface area contributed by atoms with Crippen LogP contribution in [0.3, 0.4) is 0 Å². The summed E-state index contributed by atoms with van der Waals surface area (Å²) < 4.78 is 1.90. The van der Waals surface area contributed by atoms with Gasteiger partial charge in [0, 0.05) is 18.3 Å². The Balaban J connectivity index is 1.68. The number of imidazole rings is 1. The topological polar surface area (TPSA) is 59.8 Å². The van der Waals surface area contributed by atoms with Crippen molar-refractivity contribution in [3.05, 3.63) is 48.7 Å². The maximum absolute atomic E-state index is 12.1. The van der Waals surface area contributed by atoms with Crippen LogP contribution < -0.4 is 5.32 Å². The Morgan fingerprint density at radius 2 is 2.24 bits per heavy atom. The van der Waals surface area contributed by atoms with Gasteiger partial charge in [-0.05, 0) is 38.3 Å². The molecule has 0 saturated carbocycles. The van der Waals surface area contributed by atoms with Crippen LogP contribution in [0.2, 0.25) is 0 Å². The van der Waals surface area contributed by atoms with Crippen molar-refractivity contribution in [2.24, 2.45) is 5.92 Å². The third-order valence-corrected chi connectivity index (χ3v) is 3.73. The molecular formula is C16H18N4O. The Hall–Kier alpha value is -2.43. The molecule has 0 saturated heterocycles. The molecule has 0 spiro atoms. The lowest BCUT2D eigenvalue weighted by molar-refractivity contribution is -0.120. The minimum absolute atomic E-state index is 0.0746. The molecule has 1 amide bonds. The number of rotatable bonds is 3. The van der Waals surface area contributed by atoms with Gasteiger partial charge in [-0.1, -0.05) is 12.2 Å². The van der Waals surface area contributed by atoms with Gasteiger partial charge >= 0.3 is 0 Å². The molecule has 21 heavy (non-hydrogen) atoms. The van der Waals surface area contributed by atoms with Gasteiger partial charge < -0.3 is 5.32 Å². The van der Waals surface area contributed by atoms with Crippen molar-refractivity contribution in [1.29, 1.82) is 0 Å². The summed E-state index contributed by atoms with van der Waals surface area (Å²) in [4.78, 5) is 20.7. The van der Waals surface area contributed by atoms with Gasteiger partial charge in [-0.15, -0.1) is 0 Å². The number of carbonyl (C=O) groups excluding carboxylic acids is 1. The van der Waals surface area contributed by atoms with Gasteiger partial charge in [0.2, 0.25) is 5.91 Å². The molecule has 1 aliphatic carbocycles. The van der Waals surface area contributed by atoms with Crippen LogP contribution in [0.15, 0.2) is 42.9 Å². The minimum atomic E-state index is 0.0746. The Morgan fingerprint density at radius 1 is 1.33 bits per heavy atom. The first-order chi connectivity index (χ1) is 10.2. The van der Waals surface area contributed by atoms with Crippen LogP contribution in [0.5, 0.6) is 0 Å². The SMILES string of the molecule is Cc1nccn1-c1ccc(NC(=O)[C@H]2CC=CCC2)cn1. The quantitative estimate of drug-likeness (QED) is 0.881. The van der Waals surface area contributed by atoms with Gasteiger partial charge in [-0.2, -0.15) is 0 Å². The van der Waals surface area contributed by atoms with E-state index in [0.717, 1.165) is 36.6 Å². The molecule has 5 nitrogen and oxygen atoms in total. The summed E-state index contributed by atoms with van der Waals surface area (Å²) in [6.45, 7) is 1.92. The number of hydrogen-bond acceptors (Lipinski definition) is 3. The lowest BCUT2D eigenvalue weighted by Crippen LogP contribution is -2.23. The van der Waals surface area contributed by atoms with E-state index < -0.39 is 0 Å². The first-order valence-corrected chi connectivity index (χ1v) is 7.16. The summed E-state index contributed by atoms with van der Waals surface area (Å²) in [5, 5.41) is 2.94. The number of nitrogens with one attached hydrogen (secondary N) is 1. The fourth-order valence-electron chi connectivity index (χ4n) is 2.50. The van der Waals surface area contributed by atoms with E-state index in [0.29, 0.717) is 0 Å². The van der Waals surface area contributed by atoms with Crippen molar-refractivity contribution in [3.8, 4) is 5.82 Å². The van der Waals surface area contributed by atoms with Crippen LogP contribution in [0.1, 0.15) is 25.1 Å². The van der Waals surface area contributed by atoms with Crippen molar-refractivity contribution < 1.29 is 4.79 Å². The Labute approximate surface area is 123 Å². The fraction of sp³-hybridized carbons (Fsp3) is 0.312. The summed E-state index contributed by atoms with van der Waals surface area (Å²) in [7, 11) is 0. The highest BCUT2D eigenvalue weighted by molar-refractivity contribution is 5.92. The zero-order valence-corrected chi connectivity index (χ0v) is 12.0. The highest BCUT2D eigenvalue weighted by Crippen LogP contribution is 2.20. The average molecular weight is 282 g/mol. The Bertz CT molecular complexity index is 657. The molecule has 2 heterocycles. The second kappa shape index (κ2) is 5.91. The number of nitrogens with zero attached hydrogens (tertiary/aromatic N) is 3. The molecule has 0 bridgehead atoms. The molecule has 0 aromatic carbocycles. The van der Waals surface area contributed by atoms with E-state index in [9.17, 15) is 4.79 Å². The minimum Gasteiger partial charge on any atom is -0.324 e. The maximum atomic E-state index is 12.1. The average Bonchev–Trinajstić information content (AvgIpc) is 2.95. The summed E-state index contributed by atoms with van der Waals surface area (Å²) in [5.74, 6) is 1.83. The fourth-order valence-corrected chi connectivity index (χ4v) is 2.50. The summed E-state index contributed by atoms with van der Waals surface area (Å²) in [5.41, 5.74) is 0.732. The van der Waals surface area contributed by atoms with E-state index in [2.05, 4.69) is 27.4 Å². The largest absolute Gasteiger partial charge is 0.324 e. The maximum Gasteiger partial charge on any atom is 0.227 e. The molecule has 0 aliphatic heterocycles. The molecule has 0 fully saturated rings. The van der Waals surface area contributed by atoms with Crippen LogP contribution in [-0.4, -0.2) is 20.4 Å². The van der Waals surface area contributed by atoms with Crippen molar-refractivity contribution >= 4 is 11.6 Å². The smallest absolute Gasteiger partial charge is 0.227 e. The van der Waals surface area contributed by atoms with Crippen molar-refractivity contribution in [2.45, 2.75) is 26.2 Å². The first-order valence-electron chi connectivity index (χ1n) is 7.16. The van der Waals surface area contributed by atoms with E-state index in [1.807, 2.05) is 29.8 Å². The van der Waals surface area contributed by atoms with Gasteiger partial charge in [-0.25, -0.2) is 9.97 Å². The normalized spacial score (nSPS) is 17.7. The molecule has 2 aromatic rings. The van der Waals surface area contributed by atoms with Crippen LogP contribution in [-0.2, 0) is 4.79 Å². The molecule has 1 atom stereocenters. The van der Waals surface area contributed by atoms with E-state index in [-0.39, 0.29) is 11.8 Å². The Morgan fingerprint density at radius 3 is 2.86 bits per heavy atom. The van der Waals surface area contributed by atoms with Gasteiger partial charge in [-0.3, -0.25) is 9.36 Å². The Kier molecular flexibility index (Phi) is 3.81. The zero-order valence-electron chi connectivity index (χ0n) is 12.0. The molecule has 2 aromatic heterocycles. The molecule has 0 unspecified atom stereocenters. The molecular weight excluding hydrogens is 264 g/mol. The van der Waals surface area contributed by atoms with Gasteiger partial charge in [0.15, 0.2) is 0 Å². The number of allylic oxidation sites excluding steroid dienone is 2. The second-order valence-electron chi connectivity index (χ2n) is 5.22. The molecule has 0 radical (unpaired) electrons. The number of amides is 1. The predicted octanol–water partition coefficient (Wildman–Crippen LogP) is 2.87. The van der Waals surface area contributed by atoms with E-state index in [4.69, 9.17) is 0 Å². The predicted molar refractivity (Wildman–Crippen MR) is 81.2 cm³/mol. The van der Waals surface area contributed by atoms with Gasteiger partial charge in [0.05, 0.1) is 11.9 Å².